The number of carbonyl (C=O) groups excluding carboxylic acids is 1. The van der Waals surface area contributed by atoms with E-state index in [-0.39, 0.29) is 23.8 Å². The largest absolute Gasteiger partial charge is 0.459 e. The first-order valence-corrected chi connectivity index (χ1v) is 8.12. The number of halogens is 1. The molecule has 3 rings (SSSR count). The molecule has 0 aliphatic rings. The van der Waals surface area contributed by atoms with Crippen LogP contribution in [0.1, 0.15) is 31.2 Å². The molecule has 1 atom stereocenters. The second kappa shape index (κ2) is 6.93. The van der Waals surface area contributed by atoms with Gasteiger partial charge in [0.25, 0.3) is 0 Å². The van der Waals surface area contributed by atoms with Gasteiger partial charge in [-0.3, -0.25) is 4.98 Å². The molecule has 6 heteroatoms. The molecule has 0 spiro atoms. The molecule has 0 aliphatic heterocycles. The van der Waals surface area contributed by atoms with E-state index in [0.29, 0.717) is 17.0 Å². The lowest BCUT2D eigenvalue weighted by Crippen LogP contribution is -2.35. The van der Waals surface area contributed by atoms with Crippen molar-refractivity contribution in [2.75, 3.05) is 5.32 Å². The number of amides is 2. The number of pyridine rings is 1. The molecule has 5 nitrogen and oxygen atoms in total. The van der Waals surface area contributed by atoms with Gasteiger partial charge < -0.3 is 15.1 Å². The zero-order valence-electron chi connectivity index (χ0n) is 14.3. The molecule has 0 saturated carbocycles. The number of hydrogen-bond acceptors (Lipinski definition) is 3. The molecule has 3 aromatic rings. The first-order chi connectivity index (χ1) is 12.0. The zero-order valence-corrected chi connectivity index (χ0v) is 14.3. The van der Waals surface area contributed by atoms with Crippen molar-refractivity contribution in [1.82, 2.24) is 10.3 Å². The Morgan fingerprint density at radius 3 is 2.76 bits per heavy atom. The number of carbonyl (C=O) groups is 1. The van der Waals surface area contributed by atoms with Crippen molar-refractivity contribution < 1.29 is 13.6 Å². The van der Waals surface area contributed by atoms with Gasteiger partial charge in [-0.2, -0.15) is 0 Å². The summed E-state index contributed by atoms with van der Waals surface area (Å²) in [6.45, 7) is 5.85. The third-order valence-corrected chi connectivity index (χ3v) is 4.09. The van der Waals surface area contributed by atoms with Crippen LogP contribution in [0.4, 0.5) is 14.9 Å². The van der Waals surface area contributed by atoms with Gasteiger partial charge in [-0.05, 0) is 43.2 Å². The van der Waals surface area contributed by atoms with E-state index in [9.17, 15) is 9.18 Å². The van der Waals surface area contributed by atoms with Crippen LogP contribution in [-0.2, 0) is 0 Å². The fourth-order valence-corrected chi connectivity index (χ4v) is 2.79. The van der Waals surface area contributed by atoms with E-state index < -0.39 is 0 Å². The number of fused-ring (bicyclic) bond motifs is 1. The van der Waals surface area contributed by atoms with Crippen molar-refractivity contribution in [3.63, 3.8) is 0 Å². The highest BCUT2D eigenvalue weighted by Gasteiger charge is 2.25. The Bertz CT molecular complexity index is 890. The number of anilines is 1. The summed E-state index contributed by atoms with van der Waals surface area (Å²) >= 11 is 0. The minimum Gasteiger partial charge on any atom is -0.459 e. The Labute approximate surface area is 145 Å². The molecule has 0 saturated heterocycles. The Kier molecular flexibility index (Phi) is 4.70. The monoisotopic (exact) mass is 341 g/mol. The lowest BCUT2D eigenvalue weighted by atomic mass is 9.98. The molecule has 2 aromatic heterocycles. The molecule has 1 aromatic carbocycles. The minimum atomic E-state index is -0.349. The van der Waals surface area contributed by atoms with Gasteiger partial charge in [0, 0.05) is 17.1 Å². The summed E-state index contributed by atoms with van der Waals surface area (Å²) in [6.07, 6.45) is 3.20. The number of nitrogens with one attached hydrogen (secondary N) is 2. The van der Waals surface area contributed by atoms with Crippen molar-refractivity contribution in [3.8, 4) is 0 Å². The third kappa shape index (κ3) is 3.63. The molecule has 0 aliphatic carbocycles. The summed E-state index contributed by atoms with van der Waals surface area (Å²) in [4.78, 5) is 16.3. The lowest BCUT2D eigenvalue weighted by Gasteiger charge is -2.21. The van der Waals surface area contributed by atoms with Gasteiger partial charge >= 0.3 is 6.03 Å². The highest BCUT2D eigenvalue weighted by atomic mass is 19.1. The fourth-order valence-electron chi connectivity index (χ4n) is 2.79. The molecule has 2 amide bonds. The van der Waals surface area contributed by atoms with Gasteiger partial charge in [-0.15, -0.1) is 0 Å². The number of aryl methyl sites for hydroxylation is 1. The zero-order chi connectivity index (χ0) is 18.0. The Morgan fingerprint density at radius 2 is 2.08 bits per heavy atom. The standard InChI is InChI=1S/C19H20FN3O2/c1-11(2)17(23-19(24)22-14-5-4-8-21-10-14)18-12(3)15-9-13(20)6-7-16(15)25-18/h4-11,17H,1-3H3,(H2,22,23,24)/t17-/m1/s1. The molecular weight excluding hydrogens is 321 g/mol. The van der Waals surface area contributed by atoms with Crippen LogP contribution in [0.5, 0.6) is 0 Å². The van der Waals surface area contributed by atoms with Crippen LogP contribution in [0.3, 0.4) is 0 Å². The Morgan fingerprint density at radius 1 is 1.28 bits per heavy atom. The van der Waals surface area contributed by atoms with Crippen molar-refractivity contribution in [1.29, 1.82) is 0 Å². The molecule has 2 heterocycles. The summed E-state index contributed by atoms with van der Waals surface area (Å²) in [5, 5.41) is 6.40. The topological polar surface area (TPSA) is 67.2 Å². The number of hydrogen-bond donors (Lipinski definition) is 2. The average Bonchev–Trinajstić information content (AvgIpc) is 2.90. The van der Waals surface area contributed by atoms with Gasteiger partial charge in [0.15, 0.2) is 0 Å². The third-order valence-electron chi connectivity index (χ3n) is 4.09. The smallest absolute Gasteiger partial charge is 0.319 e. The van der Waals surface area contributed by atoms with Gasteiger partial charge in [-0.25, -0.2) is 9.18 Å². The quantitative estimate of drug-likeness (QED) is 0.717. The average molecular weight is 341 g/mol. The van der Waals surface area contributed by atoms with Crippen molar-refractivity contribution >= 4 is 22.7 Å². The van der Waals surface area contributed by atoms with Crippen LogP contribution in [-0.4, -0.2) is 11.0 Å². The summed E-state index contributed by atoms with van der Waals surface area (Å²) in [5.41, 5.74) is 2.04. The van der Waals surface area contributed by atoms with Crippen LogP contribution in [0.25, 0.3) is 11.0 Å². The highest BCUT2D eigenvalue weighted by molar-refractivity contribution is 5.89. The molecule has 130 valence electrons. The molecule has 0 bridgehead atoms. The molecular formula is C19H20FN3O2. The van der Waals surface area contributed by atoms with Crippen LogP contribution in [0.15, 0.2) is 47.1 Å². The Balaban J connectivity index is 1.86. The predicted molar refractivity (Wildman–Crippen MR) is 94.9 cm³/mol. The van der Waals surface area contributed by atoms with Gasteiger partial charge in [0.2, 0.25) is 0 Å². The van der Waals surface area contributed by atoms with E-state index in [4.69, 9.17) is 4.42 Å². The maximum atomic E-state index is 13.5. The number of furan rings is 1. The van der Waals surface area contributed by atoms with E-state index in [1.54, 1.807) is 30.6 Å². The van der Waals surface area contributed by atoms with Crippen molar-refractivity contribution in [2.24, 2.45) is 5.92 Å². The van der Waals surface area contributed by atoms with Gasteiger partial charge in [0.1, 0.15) is 17.2 Å². The van der Waals surface area contributed by atoms with E-state index in [1.807, 2.05) is 20.8 Å². The number of aromatic nitrogens is 1. The van der Waals surface area contributed by atoms with Crippen molar-refractivity contribution in [2.45, 2.75) is 26.8 Å². The SMILES string of the molecule is Cc1c([C@H](NC(=O)Nc2cccnc2)C(C)C)oc2ccc(F)cc12. The number of urea groups is 1. The first-order valence-electron chi connectivity index (χ1n) is 8.12. The van der Waals surface area contributed by atoms with E-state index in [0.717, 1.165) is 10.9 Å². The normalized spacial score (nSPS) is 12.4. The number of nitrogens with zero attached hydrogens (tertiary/aromatic N) is 1. The van der Waals surface area contributed by atoms with Crippen LogP contribution >= 0.6 is 0 Å². The maximum Gasteiger partial charge on any atom is 0.319 e. The number of rotatable bonds is 4. The van der Waals surface area contributed by atoms with E-state index in [1.165, 1.54) is 12.1 Å². The summed E-state index contributed by atoms with van der Waals surface area (Å²) in [7, 11) is 0. The van der Waals surface area contributed by atoms with E-state index in [2.05, 4.69) is 15.6 Å². The second-order valence-electron chi connectivity index (χ2n) is 6.29. The molecule has 0 unspecified atom stereocenters. The maximum absolute atomic E-state index is 13.5. The lowest BCUT2D eigenvalue weighted by molar-refractivity contribution is 0.241. The first kappa shape index (κ1) is 17.0. The summed E-state index contributed by atoms with van der Waals surface area (Å²) in [5.74, 6) is 0.409. The van der Waals surface area contributed by atoms with Crippen LogP contribution < -0.4 is 10.6 Å². The Hall–Kier alpha value is -2.89. The minimum absolute atomic E-state index is 0.0868. The second-order valence-corrected chi connectivity index (χ2v) is 6.29. The summed E-state index contributed by atoms with van der Waals surface area (Å²) in [6, 6.07) is 7.23. The van der Waals surface area contributed by atoms with Crippen LogP contribution in [0.2, 0.25) is 0 Å². The highest BCUT2D eigenvalue weighted by Crippen LogP contribution is 2.33. The molecule has 0 radical (unpaired) electrons. The molecule has 25 heavy (non-hydrogen) atoms. The van der Waals surface area contributed by atoms with Crippen molar-refractivity contribution in [3.05, 3.63) is 59.9 Å². The predicted octanol–water partition coefficient (Wildman–Crippen LogP) is 4.79. The molecule has 2 N–H and O–H groups in total. The molecule has 0 fully saturated rings. The van der Waals surface area contributed by atoms with Crippen LogP contribution in [0, 0.1) is 18.7 Å². The van der Waals surface area contributed by atoms with E-state index >= 15 is 0 Å². The van der Waals surface area contributed by atoms with Gasteiger partial charge in [0.05, 0.1) is 17.9 Å². The van der Waals surface area contributed by atoms with Gasteiger partial charge in [-0.1, -0.05) is 13.8 Å². The summed E-state index contributed by atoms with van der Waals surface area (Å²) < 4.78 is 19.4. The number of benzene rings is 1. The fraction of sp³-hybridized carbons (Fsp3) is 0.263.